The van der Waals surface area contributed by atoms with E-state index in [4.69, 9.17) is 4.42 Å². The molecule has 3 aromatic rings. The van der Waals surface area contributed by atoms with Crippen LogP contribution in [0.1, 0.15) is 46.5 Å². The number of aryl methyl sites for hydroxylation is 1. The summed E-state index contributed by atoms with van der Waals surface area (Å²) in [5.41, 5.74) is 2.31. The number of hydrogen-bond acceptors (Lipinski definition) is 4. The SMILES string of the molecule is Cn1ncc2c1CCCC2NC(=O)c1ccc(Cn2cccn2)o1. The van der Waals surface area contributed by atoms with Crippen molar-refractivity contribution >= 4 is 5.91 Å². The molecule has 4 rings (SSSR count). The molecule has 3 heterocycles. The van der Waals surface area contributed by atoms with Crippen molar-refractivity contribution in [2.45, 2.75) is 31.8 Å². The van der Waals surface area contributed by atoms with Gasteiger partial charge in [-0.25, -0.2) is 0 Å². The van der Waals surface area contributed by atoms with Gasteiger partial charge >= 0.3 is 0 Å². The number of rotatable bonds is 4. The Hall–Kier alpha value is -2.83. The summed E-state index contributed by atoms with van der Waals surface area (Å²) >= 11 is 0. The van der Waals surface area contributed by atoms with Crippen LogP contribution in [0.3, 0.4) is 0 Å². The molecular weight excluding hydrogens is 306 g/mol. The first-order valence-corrected chi connectivity index (χ1v) is 8.08. The number of aromatic nitrogens is 4. The van der Waals surface area contributed by atoms with E-state index in [1.165, 1.54) is 5.69 Å². The topological polar surface area (TPSA) is 77.9 Å². The normalized spacial score (nSPS) is 16.8. The molecule has 0 spiro atoms. The summed E-state index contributed by atoms with van der Waals surface area (Å²) in [6, 6.07) is 5.37. The van der Waals surface area contributed by atoms with Gasteiger partial charge in [-0.05, 0) is 37.5 Å². The molecule has 1 aliphatic carbocycles. The Morgan fingerprint density at radius 3 is 3.17 bits per heavy atom. The fourth-order valence-corrected chi connectivity index (χ4v) is 3.22. The van der Waals surface area contributed by atoms with Crippen LogP contribution in [0.4, 0.5) is 0 Å². The van der Waals surface area contributed by atoms with Crippen LogP contribution in [0, 0.1) is 0 Å². The highest BCUT2D eigenvalue weighted by Crippen LogP contribution is 2.29. The molecule has 0 radical (unpaired) electrons. The third-order valence-corrected chi connectivity index (χ3v) is 4.44. The van der Waals surface area contributed by atoms with Gasteiger partial charge in [-0.3, -0.25) is 14.2 Å². The molecule has 7 nitrogen and oxygen atoms in total. The van der Waals surface area contributed by atoms with Gasteiger partial charge in [0.2, 0.25) is 0 Å². The summed E-state index contributed by atoms with van der Waals surface area (Å²) in [5, 5.41) is 11.5. The van der Waals surface area contributed by atoms with Crippen molar-refractivity contribution in [1.29, 1.82) is 0 Å². The molecule has 0 fully saturated rings. The zero-order chi connectivity index (χ0) is 16.5. The van der Waals surface area contributed by atoms with Gasteiger partial charge in [-0.2, -0.15) is 10.2 Å². The number of furan rings is 1. The van der Waals surface area contributed by atoms with E-state index in [9.17, 15) is 4.79 Å². The number of amides is 1. The second-order valence-electron chi connectivity index (χ2n) is 6.06. The van der Waals surface area contributed by atoms with Crippen LogP contribution in [-0.4, -0.2) is 25.5 Å². The lowest BCUT2D eigenvalue weighted by Crippen LogP contribution is -2.30. The molecule has 7 heteroatoms. The number of carbonyl (C=O) groups excluding carboxylic acids is 1. The lowest BCUT2D eigenvalue weighted by atomic mass is 9.93. The minimum Gasteiger partial charge on any atom is -0.454 e. The van der Waals surface area contributed by atoms with Crippen molar-refractivity contribution in [3.63, 3.8) is 0 Å². The zero-order valence-electron chi connectivity index (χ0n) is 13.5. The van der Waals surface area contributed by atoms with E-state index in [-0.39, 0.29) is 11.9 Å². The molecule has 24 heavy (non-hydrogen) atoms. The molecule has 0 saturated heterocycles. The number of nitrogens with one attached hydrogen (secondary N) is 1. The van der Waals surface area contributed by atoms with Crippen molar-refractivity contribution in [2.24, 2.45) is 7.05 Å². The Bertz CT molecular complexity index is 846. The summed E-state index contributed by atoms with van der Waals surface area (Å²) in [5.74, 6) is 0.839. The second-order valence-corrected chi connectivity index (χ2v) is 6.06. The van der Waals surface area contributed by atoms with Crippen LogP contribution in [0.2, 0.25) is 0 Å². The van der Waals surface area contributed by atoms with Crippen LogP contribution in [0.25, 0.3) is 0 Å². The largest absolute Gasteiger partial charge is 0.454 e. The minimum atomic E-state index is -0.191. The summed E-state index contributed by atoms with van der Waals surface area (Å²) in [6.45, 7) is 0.510. The van der Waals surface area contributed by atoms with E-state index in [2.05, 4.69) is 15.5 Å². The van der Waals surface area contributed by atoms with Gasteiger partial charge in [0.1, 0.15) is 5.76 Å². The Morgan fingerprint density at radius 2 is 2.33 bits per heavy atom. The van der Waals surface area contributed by atoms with Gasteiger partial charge in [0, 0.05) is 30.7 Å². The number of nitrogens with zero attached hydrogens (tertiary/aromatic N) is 4. The van der Waals surface area contributed by atoms with Crippen molar-refractivity contribution in [3.05, 3.63) is 59.6 Å². The highest BCUT2D eigenvalue weighted by atomic mass is 16.4. The monoisotopic (exact) mass is 325 g/mol. The molecule has 0 bridgehead atoms. The Morgan fingerprint density at radius 1 is 1.42 bits per heavy atom. The van der Waals surface area contributed by atoms with Gasteiger partial charge in [-0.1, -0.05) is 0 Å². The average Bonchev–Trinajstić information content (AvgIpc) is 3.31. The van der Waals surface area contributed by atoms with E-state index in [0.29, 0.717) is 18.1 Å². The maximum Gasteiger partial charge on any atom is 0.287 e. The second kappa shape index (κ2) is 5.99. The number of fused-ring (bicyclic) bond motifs is 1. The lowest BCUT2D eigenvalue weighted by Gasteiger charge is -2.23. The minimum absolute atomic E-state index is 0.00499. The molecule has 1 aliphatic rings. The van der Waals surface area contributed by atoms with Crippen molar-refractivity contribution in [2.75, 3.05) is 0 Å². The molecule has 1 amide bonds. The third kappa shape index (κ3) is 2.73. The standard InChI is InChI=1S/C17H19N5O2/c1-21-15-5-2-4-14(13(15)10-19-21)20-17(23)16-7-6-12(24-16)11-22-9-3-8-18-22/h3,6-10,14H,2,4-5,11H2,1H3,(H,20,23). The van der Waals surface area contributed by atoms with Crippen molar-refractivity contribution in [1.82, 2.24) is 24.9 Å². The quantitative estimate of drug-likeness (QED) is 0.796. The fraction of sp³-hybridized carbons (Fsp3) is 0.353. The molecule has 3 aromatic heterocycles. The molecule has 1 N–H and O–H groups in total. The zero-order valence-corrected chi connectivity index (χ0v) is 13.5. The number of carbonyl (C=O) groups is 1. The summed E-state index contributed by atoms with van der Waals surface area (Å²) < 4.78 is 9.30. The van der Waals surface area contributed by atoms with E-state index >= 15 is 0 Å². The molecule has 1 unspecified atom stereocenters. The molecule has 124 valence electrons. The van der Waals surface area contributed by atoms with Crippen LogP contribution < -0.4 is 5.32 Å². The fourth-order valence-electron chi connectivity index (χ4n) is 3.22. The summed E-state index contributed by atoms with van der Waals surface area (Å²) in [6.07, 6.45) is 8.39. The average molecular weight is 325 g/mol. The first-order chi connectivity index (χ1) is 11.7. The Labute approximate surface area is 139 Å². The Kier molecular flexibility index (Phi) is 3.68. The van der Waals surface area contributed by atoms with Gasteiger partial charge in [0.05, 0.1) is 18.8 Å². The van der Waals surface area contributed by atoms with Crippen molar-refractivity contribution in [3.8, 4) is 0 Å². The van der Waals surface area contributed by atoms with E-state index in [1.54, 1.807) is 16.9 Å². The number of hydrogen-bond donors (Lipinski definition) is 1. The van der Waals surface area contributed by atoms with Gasteiger partial charge in [-0.15, -0.1) is 0 Å². The van der Waals surface area contributed by atoms with E-state index in [1.807, 2.05) is 36.3 Å². The Balaban J connectivity index is 1.46. The van der Waals surface area contributed by atoms with Crippen LogP contribution in [-0.2, 0) is 20.0 Å². The summed E-state index contributed by atoms with van der Waals surface area (Å²) in [4.78, 5) is 12.5. The third-order valence-electron chi connectivity index (χ3n) is 4.44. The molecule has 0 saturated carbocycles. The van der Waals surface area contributed by atoms with Crippen LogP contribution in [0.5, 0.6) is 0 Å². The predicted molar refractivity (Wildman–Crippen MR) is 86.4 cm³/mol. The van der Waals surface area contributed by atoms with Crippen molar-refractivity contribution < 1.29 is 9.21 Å². The van der Waals surface area contributed by atoms with E-state index < -0.39 is 0 Å². The molecule has 0 aliphatic heterocycles. The van der Waals surface area contributed by atoms with Gasteiger partial charge in [0.15, 0.2) is 5.76 Å². The summed E-state index contributed by atoms with van der Waals surface area (Å²) in [7, 11) is 1.94. The van der Waals surface area contributed by atoms with Crippen LogP contribution >= 0.6 is 0 Å². The molecule has 1 atom stereocenters. The molecular formula is C17H19N5O2. The van der Waals surface area contributed by atoms with Gasteiger partial charge < -0.3 is 9.73 Å². The smallest absolute Gasteiger partial charge is 0.287 e. The van der Waals surface area contributed by atoms with Gasteiger partial charge in [0.25, 0.3) is 5.91 Å². The predicted octanol–water partition coefficient (Wildman–Crippen LogP) is 2.07. The maximum absolute atomic E-state index is 12.5. The first-order valence-electron chi connectivity index (χ1n) is 8.08. The maximum atomic E-state index is 12.5. The first kappa shape index (κ1) is 14.7. The van der Waals surface area contributed by atoms with Crippen LogP contribution in [0.15, 0.2) is 41.2 Å². The highest BCUT2D eigenvalue weighted by molar-refractivity contribution is 5.91. The van der Waals surface area contributed by atoms with E-state index in [0.717, 1.165) is 24.8 Å². The lowest BCUT2D eigenvalue weighted by molar-refractivity contribution is 0.0902. The highest BCUT2D eigenvalue weighted by Gasteiger charge is 2.26. The molecule has 0 aromatic carbocycles.